The topological polar surface area (TPSA) is 71.8 Å². The number of aromatic nitrogens is 6. The largest absolute Gasteiger partial charge is 0.439 e. The van der Waals surface area contributed by atoms with E-state index in [1.165, 1.54) is 0 Å². The van der Waals surface area contributed by atoms with E-state index in [9.17, 15) is 0 Å². The van der Waals surface area contributed by atoms with Crippen molar-refractivity contribution in [2.75, 3.05) is 0 Å². The first-order valence-electron chi connectivity index (χ1n) is 22.0. The summed E-state index contributed by atoms with van der Waals surface area (Å²) in [5, 5.41) is 11.0. The number of fused-ring (bicyclic) bond motifs is 16. The van der Waals surface area contributed by atoms with Crippen molar-refractivity contribution < 1.29 is 8.83 Å². The predicted molar refractivity (Wildman–Crippen MR) is 263 cm³/mol. The molecule has 0 aliphatic carbocycles. The van der Waals surface area contributed by atoms with Crippen molar-refractivity contribution in [2.45, 2.75) is 6.54 Å². The van der Waals surface area contributed by atoms with E-state index in [-0.39, 0.29) is 0 Å². The van der Waals surface area contributed by atoms with Crippen molar-refractivity contribution in [1.82, 2.24) is 28.2 Å². The van der Waals surface area contributed by atoms with Crippen LogP contribution >= 0.6 is 0 Å². The summed E-state index contributed by atoms with van der Waals surface area (Å²) in [6.45, 7) is 0.345. The number of nitrogens with zero attached hydrogens (tertiary/aromatic N) is 6. The van der Waals surface area contributed by atoms with Crippen LogP contribution in [0.3, 0.4) is 0 Å². The molecule has 0 radical (unpaired) electrons. The third-order valence-corrected chi connectivity index (χ3v) is 13.5. The van der Waals surface area contributed by atoms with Crippen LogP contribution in [0.2, 0.25) is 0 Å². The highest BCUT2D eigenvalue weighted by atomic mass is 16.3. The number of benzene rings is 8. The molecule has 0 saturated heterocycles. The van der Waals surface area contributed by atoms with E-state index in [2.05, 4.69) is 188 Å². The van der Waals surface area contributed by atoms with Gasteiger partial charge in [0.2, 0.25) is 11.4 Å². The second-order valence-corrected chi connectivity index (χ2v) is 16.9. The van der Waals surface area contributed by atoms with E-state index in [0.717, 1.165) is 110 Å². The summed E-state index contributed by atoms with van der Waals surface area (Å²) in [7, 11) is 0. The van der Waals surface area contributed by atoms with Crippen LogP contribution in [0.25, 0.3) is 127 Å². The standard InChI is InChI=1S/C57H34N6O2/c1-10-26-44-34(17-1)35-18-2-11-27-45(35)61(44)54-55(62-46-28-12-3-19-36(46)37-20-4-13-29-47(37)62)59-53(63-48-30-14-6-22-39(48)52-41-24-8-16-32-50(41)65-57(52)63)42(58-54)33-60-43-25-9-5-21-38(43)51-40-23-7-15-31-49(40)64-56(51)60/h1-32H,33H2. The quantitative estimate of drug-likeness (QED) is 0.173. The highest BCUT2D eigenvalue weighted by Crippen LogP contribution is 2.43. The van der Waals surface area contributed by atoms with Gasteiger partial charge in [0, 0.05) is 43.1 Å². The molecule has 8 heteroatoms. The minimum absolute atomic E-state index is 0.345. The van der Waals surface area contributed by atoms with E-state index < -0.39 is 0 Å². The van der Waals surface area contributed by atoms with Gasteiger partial charge in [0.1, 0.15) is 16.9 Å². The first-order valence-corrected chi connectivity index (χ1v) is 22.0. The monoisotopic (exact) mass is 834 g/mol. The van der Waals surface area contributed by atoms with Crippen molar-refractivity contribution in [3.05, 3.63) is 200 Å². The Kier molecular flexibility index (Phi) is 6.85. The van der Waals surface area contributed by atoms with Crippen LogP contribution in [0.5, 0.6) is 0 Å². The fourth-order valence-electron chi connectivity index (χ4n) is 10.8. The lowest BCUT2D eigenvalue weighted by atomic mass is 10.1. The fraction of sp³-hybridized carbons (Fsp3) is 0.0175. The highest BCUT2D eigenvalue weighted by molar-refractivity contribution is 6.21. The maximum absolute atomic E-state index is 6.94. The third kappa shape index (κ3) is 4.64. The van der Waals surface area contributed by atoms with Crippen molar-refractivity contribution in [1.29, 1.82) is 0 Å². The van der Waals surface area contributed by atoms with E-state index in [0.29, 0.717) is 29.7 Å². The normalized spacial score (nSPS) is 12.4. The SMILES string of the molecule is c1ccc2c(c1)oc1c2c2ccccc2n1Cc1nc(-n2c3ccccc3c3ccccc32)c(-n2c3ccccc3c3ccccc32)nc1-n1c2ccccc2c2c3ccccc3oc21. The van der Waals surface area contributed by atoms with E-state index in [4.69, 9.17) is 18.8 Å². The molecule has 0 fully saturated rings. The molecule has 0 unspecified atom stereocenters. The Morgan fingerprint density at radius 2 is 0.662 bits per heavy atom. The van der Waals surface area contributed by atoms with Crippen LogP contribution in [0, 0.1) is 0 Å². The van der Waals surface area contributed by atoms with Crippen LogP contribution in [-0.2, 0) is 6.54 Å². The third-order valence-electron chi connectivity index (χ3n) is 13.5. The number of hydrogen-bond donors (Lipinski definition) is 0. The van der Waals surface area contributed by atoms with Crippen molar-refractivity contribution >= 4 is 110 Å². The molecule has 0 spiro atoms. The Morgan fingerprint density at radius 1 is 0.308 bits per heavy atom. The molecule has 0 saturated carbocycles. The lowest BCUT2D eigenvalue weighted by molar-refractivity contribution is 0.617. The van der Waals surface area contributed by atoms with Crippen molar-refractivity contribution in [2.24, 2.45) is 0 Å². The average molecular weight is 835 g/mol. The number of rotatable bonds is 5. The molecule has 15 aromatic rings. The summed E-state index contributed by atoms with van der Waals surface area (Å²) >= 11 is 0. The minimum Gasteiger partial charge on any atom is -0.439 e. The number of para-hydroxylation sites is 8. The van der Waals surface area contributed by atoms with E-state index >= 15 is 0 Å². The molecule has 8 nitrogen and oxygen atoms in total. The molecule has 15 rings (SSSR count). The Morgan fingerprint density at radius 3 is 1.17 bits per heavy atom. The smallest absolute Gasteiger partial charge is 0.215 e. The highest BCUT2D eigenvalue weighted by Gasteiger charge is 2.29. The molecule has 304 valence electrons. The molecule has 0 aliphatic rings. The maximum Gasteiger partial charge on any atom is 0.215 e. The van der Waals surface area contributed by atoms with Gasteiger partial charge in [0.05, 0.1) is 50.4 Å². The summed E-state index contributed by atoms with van der Waals surface area (Å²) in [5.41, 5.74) is 10.1. The maximum atomic E-state index is 6.94. The number of hydrogen-bond acceptors (Lipinski definition) is 4. The van der Waals surface area contributed by atoms with Crippen LogP contribution in [0.1, 0.15) is 5.69 Å². The van der Waals surface area contributed by atoms with Gasteiger partial charge < -0.3 is 13.4 Å². The molecule has 0 N–H and O–H groups in total. The van der Waals surface area contributed by atoms with Crippen LogP contribution in [0.15, 0.2) is 203 Å². The lowest BCUT2D eigenvalue weighted by Gasteiger charge is -2.20. The predicted octanol–water partition coefficient (Wildman–Crippen LogP) is 14.4. The first kappa shape index (κ1) is 34.7. The molecule has 0 atom stereocenters. The molecule has 0 bridgehead atoms. The minimum atomic E-state index is 0.345. The summed E-state index contributed by atoms with van der Waals surface area (Å²) < 4.78 is 22.8. The van der Waals surface area contributed by atoms with Gasteiger partial charge >= 0.3 is 0 Å². The van der Waals surface area contributed by atoms with Gasteiger partial charge in [-0.25, -0.2) is 9.97 Å². The molecule has 8 aromatic carbocycles. The van der Waals surface area contributed by atoms with Crippen LogP contribution in [-0.4, -0.2) is 28.2 Å². The van der Waals surface area contributed by atoms with E-state index in [1.54, 1.807) is 0 Å². The Hall–Kier alpha value is -8.88. The van der Waals surface area contributed by atoms with Gasteiger partial charge in [-0.1, -0.05) is 146 Å². The molecule has 0 aliphatic heterocycles. The van der Waals surface area contributed by atoms with Gasteiger partial charge in [0.15, 0.2) is 17.5 Å². The lowest BCUT2D eigenvalue weighted by Crippen LogP contribution is -2.16. The van der Waals surface area contributed by atoms with Gasteiger partial charge in [-0.2, -0.15) is 0 Å². The summed E-state index contributed by atoms with van der Waals surface area (Å²) in [4.78, 5) is 12.0. The summed E-state index contributed by atoms with van der Waals surface area (Å²) in [6.07, 6.45) is 0. The average Bonchev–Trinajstić information content (AvgIpc) is 4.20. The van der Waals surface area contributed by atoms with Gasteiger partial charge in [-0.15, -0.1) is 0 Å². The molecule has 65 heavy (non-hydrogen) atoms. The van der Waals surface area contributed by atoms with Crippen molar-refractivity contribution in [3.8, 4) is 17.5 Å². The van der Waals surface area contributed by atoms with Gasteiger partial charge in [-0.3, -0.25) is 13.7 Å². The van der Waals surface area contributed by atoms with E-state index in [1.807, 2.05) is 24.3 Å². The molecule has 7 aromatic heterocycles. The first-order chi connectivity index (χ1) is 32.3. The van der Waals surface area contributed by atoms with Gasteiger partial charge in [-0.05, 0) is 48.5 Å². The Balaban J connectivity index is 1.15. The van der Waals surface area contributed by atoms with Crippen LogP contribution < -0.4 is 0 Å². The zero-order chi connectivity index (χ0) is 42.3. The molecular weight excluding hydrogens is 801 g/mol. The fourth-order valence-corrected chi connectivity index (χ4v) is 10.8. The van der Waals surface area contributed by atoms with Crippen molar-refractivity contribution in [3.63, 3.8) is 0 Å². The molecule has 0 amide bonds. The van der Waals surface area contributed by atoms with Crippen LogP contribution in [0.4, 0.5) is 0 Å². The molecule has 7 heterocycles. The Bertz CT molecular complexity index is 4370. The second kappa shape index (κ2) is 12.8. The Labute approximate surface area is 369 Å². The van der Waals surface area contributed by atoms with Gasteiger partial charge in [0.25, 0.3) is 0 Å². The molecular formula is C57H34N6O2. The zero-order valence-corrected chi connectivity index (χ0v) is 34.7. The number of furan rings is 2. The summed E-state index contributed by atoms with van der Waals surface area (Å²) in [5.74, 6) is 2.07. The second-order valence-electron chi connectivity index (χ2n) is 16.9. The summed E-state index contributed by atoms with van der Waals surface area (Å²) in [6, 6.07) is 68.1. The zero-order valence-electron chi connectivity index (χ0n) is 34.7.